The number of likely N-dealkylation sites (tertiary alicyclic amines) is 1. The minimum Gasteiger partial charge on any atom is -0.481 e. The van der Waals surface area contributed by atoms with Crippen LogP contribution in [-0.4, -0.2) is 41.0 Å². The van der Waals surface area contributed by atoms with Crippen LogP contribution in [0.1, 0.15) is 32.1 Å². The second-order valence-electron chi connectivity index (χ2n) is 5.17. The molecule has 5 heteroatoms. The van der Waals surface area contributed by atoms with E-state index in [1.165, 1.54) is 0 Å². The summed E-state index contributed by atoms with van der Waals surface area (Å²) in [7, 11) is 0. The van der Waals surface area contributed by atoms with Crippen LogP contribution in [0.25, 0.3) is 0 Å². The van der Waals surface area contributed by atoms with Gasteiger partial charge < -0.3 is 15.7 Å². The summed E-state index contributed by atoms with van der Waals surface area (Å²) in [4.78, 5) is 25.1. The second kappa shape index (κ2) is 5.04. The summed E-state index contributed by atoms with van der Waals surface area (Å²) in [5.41, 5.74) is 5.85. The molecule has 17 heavy (non-hydrogen) atoms. The van der Waals surface area contributed by atoms with Crippen molar-refractivity contribution < 1.29 is 14.7 Å². The number of carbonyl (C=O) groups excluding carboxylic acids is 1. The van der Waals surface area contributed by atoms with Gasteiger partial charge in [-0.05, 0) is 25.7 Å². The highest BCUT2D eigenvalue weighted by Crippen LogP contribution is 2.33. The maximum atomic E-state index is 12.3. The van der Waals surface area contributed by atoms with Crippen molar-refractivity contribution in [2.24, 2.45) is 17.6 Å². The van der Waals surface area contributed by atoms with Crippen molar-refractivity contribution in [1.29, 1.82) is 0 Å². The number of nitrogens with two attached hydrogens (primary N) is 1. The van der Waals surface area contributed by atoms with Crippen LogP contribution in [0.3, 0.4) is 0 Å². The smallest absolute Gasteiger partial charge is 0.307 e. The molecule has 2 fully saturated rings. The molecule has 2 rings (SSSR count). The molecule has 1 amide bonds. The Kier molecular flexibility index (Phi) is 3.66. The molecule has 0 aromatic rings. The van der Waals surface area contributed by atoms with Gasteiger partial charge in [-0.25, -0.2) is 0 Å². The number of hydrogen-bond donors (Lipinski definition) is 2. The summed E-state index contributed by atoms with van der Waals surface area (Å²) in [5, 5.41) is 9.09. The Labute approximate surface area is 101 Å². The number of carboxylic acid groups (broad SMARTS) is 1. The number of nitrogens with zero attached hydrogens (tertiary/aromatic N) is 1. The number of rotatable bonds is 2. The molecule has 1 saturated heterocycles. The molecule has 1 aliphatic heterocycles. The molecule has 3 N–H and O–H groups in total. The Balaban J connectivity index is 2.01. The fourth-order valence-corrected chi connectivity index (χ4v) is 3.00. The summed E-state index contributed by atoms with van der Waals surface area (Å²) in [5.74, 6) is -1.63. The average Bonchev–Trinajstić information content (AvgIpc) is 2.77. The average molecular weight is 240 g/mol. The minimum absolute atomic E-state index is 0.00468. The van der Waals surface area contributed by atoms with E-state index in [2.05, 4.69) is 0 Å². The molecule has 1 saturated carbocycles. The Morgan fingerprint density at radius 1 is 1.12 bits per heavy atom. The van der Waals surface area contributed by atoms with E-state index in [4.69, 9.17) is 10.8 Å². The quantitative estimate of drug-likeness (QED) is 0.733. The maximum Gasteiger partial charge on any atom is 0.307 e. The lowest BCUT2D eigenvalue weighted by Gasteiger charge is -2.33. The molecular weight excluding hydrogens is 220 g/mol. The topological polar surface area (TPSA) is 83.6 Å². The van der Waals surface area contributed by atoms with Gasteiger partial charge in [-0.3, -0.25) is 9.59 Å². The monoisotopic (exact) mass is 240 g/mol. The zero-order valence-electron chi connectivity index (χ0n) is 9.97. The van der Waals surface area contributed by atoms with Crippen molar-refractivity contribution in [3.8, 4) is 0 Å². The van der Waals surface area contributed by atoms with Crippen LogP contribution in [0.4, 0.5) is 0 Å². The van der Waals surface area contributed by atoms with Crippen LogP contribution in [0.2, 0.25) is 0 Å². The first-order valence-electron chi connectivity index (χ1n) is 6.36. The molecule has 0 aromatic carbocycles. The maximum absolute atomic E-state index is 12.3. The number of aliphatic carboxylic acids is 1. The van der Waals surface area contributed by atoms with Gasteiger partial charge in [0.2, 0.25) is 5.91 Å². The van der Waals surface area contributed by atoms with Gasteiger partial charge in [0.1, 0.15) is 0 Å². The number of carboxylic acids is 1. The predicted octanol–water partition coefficient (Wildman–Crippen LogP) is 0.437. The van der Waals surface area contributed by atoms with Gasteiger partial charge in [-0.2, -0.15) is 0 Å². The fraction of sp³-hybridized carbons (Fsp3) is 0.833. The van der Waals surface area contributed by atoms with E-state index in [0.717, 1.165) is 25.8 Å². The van der Waals surface area contributed by atoms with Crippen molar-refractivity contribution in [1.82, 2.24) is 4.90 Å². The molecule has 0 spiro atoms. The fourth-order valence-electron chi connectivity index (χ4n) is 3.00. The summed E-state index contributed by atoms with van der Waals surface area (Å²) in [6.45, 7) is 1.32. The lowest BCUT2D eigenvalue weighted by Crippen LogP contribution is -2.48. The molecule has 5 nitrogen and oxygen atoms in total. The van der Waals surface area contributed by atoms with Gasteiger partial charge in [-0.1, -0.05) is 6.42 Å². The van der Waals surface area contributed by atoms with Crippen molar-refractivity contribution in [2.75, 3.05) is 13.1 Å². The van der Waals surface area contributed by atoms with Crippen LogP contribution < -0.4 is 5.73 Å². The number of amides is 1. The van der Waals surface area contributed by atoms with Crippen molar-refractivity contribution >= 4 is 11.9 Å². The van der Waals surface area contributed by atoms with E-state index in [9.17, 15) is 9.59 Å². The van der Waals surface area contributed by atoms with Gasteiger partial charge in [0.25, 0.3) is 0 Å². The molecule has 2 aliphatic rings. The molecule has 96 valence electrons. The number of piperidine rings is 1. The molecule has 0 aromatic heterocycles. The van der Waals surface area contributed by atoms with E-state index in [-0.39, 0.29) is 17.9 Å². The Hall–Kier alpha value is -1.10. The zero-order valence-corrected chi connectivity index (χ0v) is 9.97. The van der Waals surface area contributed by atoms with Crippen LogP contribution in [-0.2, 0) is 9.59 Å². The highest BCUT2D eigenvalue weighted by atomic mass is 16.4. The van der Waals surface area contributed by atoms with E-state index < -0.39 is 11.9 Å². The highest BCUT2D eigenvalue weighted by Gasteiger charge is 2.40. The third-order valence-corrected chi connectivity index (χ3v) is 3.92. The van der Waals surface area contributed by atoms with E-state index in [0.29, 0.717) is 19.4 Å². The first-order valence-corrected chi connectivity index (χ1v) is 6.36. The number of carbonyl (C=O) groups is 2. The van der Waals surface area contributed by atoms with Crippen molar-refractivity contribution in [2.45, 2.75) is 38.1 Å². The lowest BCUT2D eigenvalue weighted by atomic mass is 9.93. The first kappa shape index (κ1) is 12.4. The summed E-state index contributed by atoms with van der Waals surface area (Å²) in [6.07, 6.45) is 4.06. The Morgan fingerprint density at radius 3 is 2.47 bits per heavy atom. The third kappa shape index (κ3) is 2.60. The van der Waals surface area contributed by atoms with Gasteiger partial charge >= 0.3 is 5.97 Å². The molecule has 1 aliphatic carbocycles. The highest BCUT2D eigenvalue weighted by molar-refractivity contribution is 5.85. The van der Waals surface area contributed by atoms with Crippen LogP contribution >= 0.6 is 0 Å². The molecule has 1 heterocycles. The van der Waals surface area contributed by atoms with Crippen molar-refractivity contribution in [3.63, 3.8) is 0 Å². The SMILES string of the molecule is NC1CCCN(C(=O)[C@@H]2CCC[C@@H]2C(=O)O)C1. The molecule has 1 unspecified atom stereocenters. The van der Waals surface area contributed by atoms with E-state index in [1.807, 2.05) is 0 Å². The minimum atomic E-state index is -0.831. The van der Waals surface area contributed by atoms with Crippen LogP contribution in [0.5, 0.6) is 0 Å². The summed E-state index contributed by atoms with van der Waals surface area (Å²) < 4.78 is 0. The molecule has 0 radical (unpaired) electrons. The van der Waals surface area contributed by atoms with Crippen LogP contribution in [0, 0.1) is 11.8 Å². The normalized spacial score (nSPS) is 33.7. The zero-order chi connectivity index (χ0) is 12.4. The summed E-state index contributed by atoms with van der Waals surface area (Å²) in [6, 6.07) is 0.0531. The first-order chi connectivity index (χ1) is 8.09. The van der Waals surface area contributed by atoms with Crippen LogP contribution in [0.15, 0.2) is 0 Å². The largest absolute Gasteiger partial charge is 0.481 e. The van der Waals surface area contributed by atoms with Gasteiger partial charge in [-0.15, -0.1) is 0 Å². The molecule has 0 bridgehead atoms. The van der Waals surface area contributed by atoms with Crippen molar-refractivity contribution in [3.05, 3.63) is 0 Å². The lowest BCUT2D eigenvalue weighted by molar-refractivity contribution is -0.149. The van der Waals surface area contributed by atoms with E-state index in [1.54, 1.807) is 4.90 Å². The Bertz CT molecular complexity index is 319. The molecule has 3 atom stereocenters. The number of hydrogen-bond acceptors (Lipinski definition) is 3. The predicted molar refractivity (Wildman–Crippen MR) is 62.3 cm³/mol. The second-order valence-corrected chi connectivity index (χ2v) is 5.17. The van der Waals surface area contributed by atoms with Gasteiger partial charge in [0, 0.05) is 19.1 Å². The standard InChI is InChI=1S/C12H20N2O3/c13-8-3-2-6-14(7-8)11(15)9-4-1-5-10(9)12(16)17/h8-10H,1-7,13H2,(H,16,17)/t8?,9-,10+/m1/s1. The van der Waals surface area contributed by atoms with E-state index >= 15 is 0 Å². The molecular formula is C12H20N2O3. The third-order valence-electron chi connectivity index (χ3n) is 3.92. The van der Waals surface area contributed by atoms with Gasteiger partial charge in [0.05, 0.1) is 11.8 Å². The Morgan fingerprint density at radius 2 is 1.82 bits per heavy atom. The summed E-state index contributed by atoms with van der Waals surface area (Å²) >= 11 is 0. The van der Waals surface area contributed by atoms with Gasteiger partial charge in [0.15, 0.2) is 0 Å².